The highest BCUT2D eigenvalue weighted by Gasteiger charge is 2.28. The molecule has 25 heavy (non-hydrogen) atoms. The van der Waals surface area contributed by atoms with Gasteiger partial charge in [0.2, 0.25) is 5.95 Å². The molecule has 0 radical (unpaired) electrons. The van der Waals surface area contributed by atoms with Crippen LogP contribution in [0.2, 0.25) is 0 Å². The number of fused-ring (bicyclic) bond motifs is 1. The van der Waals surface area contributed by atoms with E-state index in [1.54, 1.807) is 0 Å². The Morgan fingerprint density at radius 1 is 0.960 bits per heavy atom. The van der Waals surface area contributed by atoms with E-state index in [0.29, 0.717) is 12.3 Å². The highest BCUT2D eigenvalue weighted by Crippen LogP contribution is 2.28. The maximum Gasteiger partial charge on any atom is 0.225 e. The van der Waals surface area contributed by atoms with Crippen molar-refractivity contribution >= 4 is 17.4 Å². The van der Waals surface area contributed by atoms with E-state index in [-0.39, 0.29) is 5.78 Å². The molecule has 2 aromatic rings. The standard InChI is InChI=1S/C20H24N4O/c1-14-12-17-19(18(25)13-14)15(2)21-20(22-17)24-10-8-23(9-11-24)16-6-4-3-5-7-16/h3-7,14H,8-13H2,1-2H3/t14-/m0/s1. The van der Waals surface area contributed by atoms with Crippen molar-refractivity contribution in [1.29, 1.82) is 0 Å². The van der Waals surface area contributed by atoms with Gasteiger partial charge in [-0.15, -0.1) is 0 Å². The number of ketones is 1. The molecular weight excluding hydrogens is 312 g/mol. The van der Waals surface area contributed by atoms with Crippen molar-refractivity contribution in [3.63, 3.8) is 0 Å². The maximum atomic E-state index is 12.3. The first kappa shape index (κ1) is 16.1. The molecule has 1 aromatic carbocycles. The Labute approximate surface area is 148 Å². The van der Waals surface area contributed by atoms with Crippen LogP contribution in [0.3, 0.4) is 0 Å². The number of carbonyl (C=O) groups is 1. The van der Waals surface area contributed by atoms with Gasteiger partial charge in [0.05, 0.1) is 17.0 Å². The van der Waals surface area contributed by atoms with E-state index in [1.165, 1.54) is 5.69 Å². The molecule has 130 valence electrons. The number of piperazine rings is 1. The Balaban J connectivity index is 1.53. The highest BCUT2D eigenvalue weighted by molar-refractivity contribution is 5.99. The van der Waals surface area contributed by atoms with Gasteiger partial charge in [-0.2, -0.15) is 0 Å². The lowest BCUT2D eigenvalue weighted by atomic mass is 9.86. The summed E-state index contributed by atoms with van der Waals surface area (Å²) in [6, 6.07) is 10.5. The number of benzene rings is 1. The van der Waals surface area contributed by atoms with E-state index < -0.39 is 0 Å². The first-order valence-electron chi connectivity index (χ1n) is 9.07. The maximum absolute atomic E-state index is 12.3. The van der Waals surface area contributed by atoms with Gasteiger partial charge < -0.3 is 9.80 Å². The molecule has 0 saturated carbocycles. The normalized spacial score (nSPS) is 20.6. The van der Waals surface area contributed by atoms with Crippen molar-refractivity contribution < 1.29 is 4.79 Å². The molecule has 1 atom stereocenters. The van der Waals surface area contributed by atoms with Crippen LogP contribution in [0.15, 0.2) is 30.3 Å². The second-order valence-corrected chi connectivity index (χ2v) is 7.18. The average Bonchev–Trinajstić information content (AvgIpc) is 2.61. The third kappa shape index (κ3) is 3.11. The number of aromatic nitrogens is 2. The molecular formula is C20H24N4O. The lowest BCUT2D eigenvalue weighted by molar-refractivity contribution is 0.0951. The number of para-hydroxylation sites is 1. The number of hydrogen-bond acceptors (Lipinski definition) is 5. The number of Topliss-reactive ketones (excluding diaryl/α,β-unsaturated/α-hetero) is 1. The number of rotatable bonds is 2. The van der Waals surface area contributed by atoms with Crippen LogP contribution in [0, 0.1) is 12.8 Å². The monoisotopic (exact) mass is 336 g/mol. The lowest BCUT2D eigenvalue weighted by Crippen LogP contribution is -2.47. The summed E-state index contributed by atoms with van der Waals surface area (Å²) in [7, 11) is 0. The molecule has 2 heterocycles. The van der Waals surface area contributed by atoms with Crippen molar-refractivity contribution in [3.8, 4) is 0 Å². The third-order valence-electron chi connectivity index (χ3n) is 5.19. The van der Waals surface area contributed by atoms with E-state index >= 15 is 0 Å². The van der Waals surface area contributed by atoms with Crippen LogP contribution in [-0.4, -0.2) is 41.9 Å². The molecule has 4 rings (SSSR count). The molecule has 0 amide bonds. The van der Waals surface area contributed by atoms with Gasteiger partial charge in [-0.3, -0.25) is 4.79 Å². The molecule has 0 unspecified atom stereocenters. The minimum Gasteiger partial charge on any atom is -0.368 e. The van der Waals surface area contributed by atoms with Gasteiger partial charge in [-0.1, -0.05) is 25.1 Å². The van der Waals surface area contributed by atoms with E-state index in [0.717, 1.165) is 55.5 Å². The number of carbonyl (C=O) groups excluding carboxylic acids is 1. The van der Waals surface area contributed by atoms with Gasteiger partial charge in [0.1, 0.15) is 0 Å². The van der Waals surface area contributed by atoms with Crippen LogP contribution in [-0.2, 0) is 6.42 Å². The Bertz CT molecular complexity index is 782. The summed E-state index contributed by atoms with van der Waals surface area (Å²) >= 11 is 0. The first-order valence-corrected chi connectivity index (χ1v) is 9.07. The molecule has 0 bridgehead atoms. The SMILES string of the molecule is Cc1nc(N2CCN(c3ccccc3)CC2)nc2c1C(=O)C[C@@H](C)C2. The zero-order chi connectivity index (χ0) is 17.4. The molecule has 1 aliphatic carbocycles. The Morgan fingerprint density at radius 2 is 1.64 bits per heavy atom. The Kier molecular flexibility index (Phi) is 4.15. The smallest absolute Gasteiger partial charge is 0.225 e. The summed E-state index contributed by atoms with van der Waals surface area (Å²) in [5.41, 5.74) is 3.81. The zero-order valence-electron chi connectivity index (χ0n) is 14.9. The fourth-order valence-electron chi connectivity index (χ4n) is 3.89. The second kappa shape index (κ2) is 6.47. The summed E-state index contributed by atoms with van der Waals surface area (Å²) in [5.74, 6) is 1.36. The number of nitrogens with zero attached hydrogens (tertiary/aromatic N) is 4. The van der Waals surface area contributed by atoms with Gasteiger partial charge in [-0.25, -0.2) is 9.97 Å². The van der Waals surface area contributed by atoms with Crippen LogP contribution in [0.5, 0.6) is 0 Å². The molecule has 5 nitrogen and oxygen atoms in total. The Morgan fingerprint density at radius 3 is 2.36 bits per heavy atom. The Hall–Kier alpha value is -2.43. The van der Waals surface area contributed by atoms with Crippen molar-refractivity contribution in [1.82, 2.24) is 9.97 Å². The van der Waals surface area contributed by atoms with Crippen LogP contribution >= 0.6 is 0 Å². The molecule has 2 aliphatic rings. The third-order valence-corrected chi connectivity index (χ3v) is 5.19. The minimum absolute atomic E-state index is 0.201. The zero-order valence-corrected chi connectivity index (χ0v) is 14.9. The average molecular weight is 336 g/mol. The van der Waals surface area contributed by atoms with E-state index in [9.17, 15) is 4.79 Å². The number of hydrogen-bond donors (Lipinski definition) is 0. The van der Waals surface area contributed by atoms with Gasteiger partial charge in [-0.05, 0) is 31.4 Å². The number of aryl methyl sites for hydroxylation is 1. The fraction of sp³-hybridized carbons (Fsp3) is 0.450. The van der Waals surface area contributed by atoms with Gasteiger partial charge in [0.15, 0.2) is 5.78 Å². The van der Waals surface area contributed by atoms with E-state index in [4.69, 9.17) is 4.98 Å². The quantitative estimate of drug-likeness (QED) is 0.844. The van der Waals surface area contributed by atoms with Crippen molar-refractivity contribution in [2.75, 3.05) is 36.0 Å². The molecule has 0 N–H and O–H groups in total. The van der Waals surface area contributed by atoms with Gasteiger partial charge >= 0.3 is 0 Å². The van der Waals surface area contributed by atoms with E-state index in [2.05, 4.69) is 46.0 Å². The summed E-state index contributed by atoms with van der Waals surface area (Å²) < 4.78 is 0. The summed E-state index contributed by atoms with van der Waals surface area (Å²) in [6.07, 6.45) is 1.49. The molecule has 0 spiro atoms. The fourth-order valence-corrected chi connectivity index (χ4v) is 3.89. The van der Waals surface area contributed by atoms with Crippen LogP contribution in [0.25, 0.3) is 0 Å². The van der Waals surface area contributed by atoms with E-state index in [1.807, 2.05) is 13.0 Å². The minimum atomic E-state index is 0.201. The van der Waals surface area contributed by atoms with Crippen LogP contribution < -0.4 is 9.80 Å². The topological polar surface area (TPSA) is 49.3 Å². The molecule has 1 aromatic heterocycles. The summed E-state index contributed by atoms with van der Waals surface area (Å²) in [4.78, 5) is 26.4. The first-order chi connectivity index (χ1) is 12.1. The summed E-state index contributed by atoms with van der Waals surface area (Å²) in [5, 5.41) is 0. The van der Waals surface area contributed by atoms with Crippen LogP contribution in [0.1, 0.15) is 35.1 Å². The summed E-state index contributed by atoms with van der Waals surface area (Å²) in [6.45, 7) is 7.78. The molecule has 1 saturated heterocycles. The van der Waals surface area contributed by atoms with Gasteiger partial charge in [0.25, 0.3) is 0 Å². The molecule has 5 heteroatoms. The number of anilines is 2. The van der Waals surface area contributed by atoms with Crippen molar-refractivity contribution in [2.45, 2.75) is 26.7 Å². The molecule has 1 aliphatic heterocycles. The molecule has 1 fully saturated rings. The van der Waals surface area contributed by atoms with Crippen LogP contribution in [0.4, 0.5) is 11.6 Å². The predicted octanol–water partition coefficient (Wildman–Crippen LogP) is 2.88. The van der Waals surface area contributed by atoms with Crippen molar-refractivity contribution in [2.24, 2.45) is 5.92 Å². The van der Waals surface area contributed by atoms with Crippen molar-refractivity contribution in [3.05, 3.63) is 47.3 Å². The lowest BCUT2D eigenvalue weighted by Gasteiger charge is -2.36. The second-order valence-electron chi connectivity index (χ2n) is 7.18. The predicted molar refractivity (Wildman–Crippen MR) is 99.5 cm³/mol. The van der Waals surface area contributed by atoms with Gasteiger partial charge in [0, 0.05) is 38.3 Å². The largest absolute Gasteiger partial charge is 0.368 e. The highest BCUT2D eigenvalue weighted by atomic mass is 16.1.